The average molecular weight is 1450 g/mol. The van der Waals surface area contributed by atoms with Crippen molar-refractivity contribution < 1.29 is 73.6 Å². The fourth-order valence-electron chi connectivity index (χ4n) is 10.9. The van der Waals surface area contributed by atoms with Crippen LogP contribution in [0.3, 0.4) is 0 Å². The third-order valence-electron chi connectivity index (χ3n) is 14.8. The van der Waals surface area contributed by atoms with E-state index in [0.717, 1.165) is 107 Å². The number of pyridine rings is 2. The van der Waals surface area contributed by atoms with Crippen LogP contribution in [0.25, 0.3) is 55.3 Å². The Bertz CT molecular complexity index is 3680. The van der Waals surface area contributed by atoms with Gasteiger partial charge in [-0.3, -0.25) is 23.2 Å². The minimum absolute atomic E-state index is 0.0369. The molecule has 2 atom stereocenters. The second kappa shape index (κ2) is 35.8. The van der Waals surface area contributed by atoms with Gasteiger partial charge in [0.25, 0.3) is 0 Å². The molecule has 10 rings (SSSR count). The predicted molar refractivity (Wildman–Crippen MR) is 366 cm³/mol. The van der Waals surface area contributed by atoms with Crippen LogP contribution in [0.2, 0.25) is 0 Å². The zero-order chi connectivity index (χ0) is 65.7. The van der Waals surface area contributed by atoms with Crippen molar-refractivity contribution >= 4 is 98.5 Å². The van der Waals surface area contributed by atoms with Gasteiger partial charge in [-0.05, 0) is 191 Å². The maximum atomic E-state index is 14.3. The van der Waals surface area contributed by atoms with Crippen LogP contribution in [-0.2, 0) is 76.8 Å². The molecule has 2 aliphatic heterocycles. The van der Waals surface area contributed by atoms with E-state index in [4.69, 9.17) is 55.7 Å². The first-order valence-corrected chi connectivity index (χ1v) is 40.2. The summed E-state index contributed by atoms with van der Waals surface area (Å²) in [5.41, 5.74) is 8.59. The summed E-state index contributed by atoms with van der Waals surface area (Å²) >= 11 is 6.60. The molecule has 8 heterocycles. The smallest absolute Gasteiger partial charge is 0.537 e. The molecule has 2 aliphatic rings. The maximum Gasteiger partial charge on any atom is 0.569 e. The van der Waals surface area contributed by atoms with Crippen molar-refractivity contribution in [3.8, 4) is 39.3 Å². The van der Waals surface area contributed by atoms with Gasteiger partial charge in [0, 0.05) is 76.7 Å². The summed E-state index contributed by atoms with van der Waals surface area (Å²) in [6.07, 6.45) is 13.6. The van der Waals surface area contributed by atoms with Crippen molar-refractivity contribution in [2.45, 2.75) is 130 Å². The number of fused-ring (bicyclic) bond motifs is 2. The molecule has 1 N–H and O–H groups in total. The molecule has 2 fully saturated rings. The second-order valence-corrected chi connectivity index (χ2v) is 32.8. The van der Waals surface area contributed by atoms with Gasteiger partial charge in [0.1, 0.15) is 10.4 Å². The van der Waals surface area contributed by atoms with Crippen LogP contribution in [0, 0.1) is 0 Å². The van der Waals surface area contributed by atoms with E-state index in [1.165, 1.54) is 11.3 Å². The Morgan fingerprint density at radius 2 is 0.957 bits per heavy atom. The zero-order valence-electron chi connectivity index (χ0n) is 53.2. The molecule has 0 bridgehead atoms. The number of rotatable bonds is 31. The maximum absolute atomic E-state index is 14.3. The normalized spacial score (nSPS) is 15.8. The SMILES string of the molecule is CCOP(=O)(OCC)C(Cc1cc(-c2ccc3c(cnn3C3CCCCO3)c2)cnc1-c1ccsc1)P(=O)(OCC)OCC.CCOP(=O)(OCC)C(Cc1cc(-c2ccc3c(cnn3C3CCCCO3)c2)cnc1Br)P(=O)(OCC)OCC.O[B]Oc1ccsc1. The van der Waals surface area contributed by atoms with Crippen molar-refractivity contribution in [1.29, 1.82) is 0 Å². The van der Waals surface area contributed by atoms with Crippen LogP contribution in [0.1, 0.15) is 117 Å². The number of aromatic nitrogens is 6. The van der Waals surface area contributed by atoms with Crippen molar-refractivity contribution in [3.63, 3.8) is 0 Å². The zero-order valence-corrected chi connectivity index (χ0v) is 60.0. The molecular weight excluding hydrogens is 1360 g/mol. The second-order valence-electron chi connectivity index (χ2n) is 20.8. The van der Waals surface area contributed by atoms with Gasteiger partial charge in [0.2, 0.25) is 0 Å². The number of halogens is 1. The summed E-state index contributed by atoms with van der Waals surface area (Å²) in [5.74, 6) is 0.678. The summed E-state index contributed by atoms with van der Waals surface area (Å²) in [6, 6.07) is 20.0. The molecule has 30 heteroatoms. The van der Waals surface area contributed by atoms with Gasteiger partial charge in [-0.2, -0.15) is 21.5 Å². The van der Waals surface area contributed by atoms with E-state index in [2.05, 4.69) is 54.0 Å². The lowest BCUT2D eigenvalue weighted by molar-refractivity contribution is -0.0367. The number of hydrogen-bond acceptors (Lipinski definition) is 22. The van der Waals surface area contributed by atoms with Crippen LogP contribution < -0.4 is 4.65 Å². The van der Waals surface area contributed by atoms with Gasteiger partial charge >= 0.3 is 38.1 Å². The fraction of sp³-hybridized carbons (Fsp3) is 0.484. The predicted octanol–water partition coefficient (Wildman–Crippen LogP) is 17.5. The lowest BCUT2D eigenvalue weighted by atomic mass is 10.00. The summed E-state index contributed by atoms with van der Waals surface area (Å²) in [6.45, 7) is 16.2. The lowest BCUT2D eigenvalue weighted by Crippen LogP contribution is -2.21. The molecule has 0 saturated carbocycles. The summed E-state index contributed by atoms with van der Waals surface area (Å²) in [4.78, 5) is 9.43. The minimum atomic E-state index is -3.96. The first kappa shape index (κ1) is 73.7. The molecule has 2 saturated heterocycles. The summed E-state index contributed by atoms with van der Waals surface area (Å²) < 4.78 is 123. The van der Waals surface area contributed by atoms with E-state index in [1.807, 2.05) is 80.5 Å². The Balaban J connectivity index is 0.000000211. The highest BCUT2D eigenvalue weighted by atomic mass is 79.9. The topological polar surface area (TPSA) is 251 Å². The number of benzene rings is 2. The van der Waals surface area contributed by atoms with Crippen LogP contribution in [0.4, 0.5) is 0 Å². The van der Waals surface area contributed by atoms with Crippen molar-refractivity contribution in [2.24, 2.45) is 0 Å². The van der Waals surface area contributed by atoms with Crippen LogP contribution in [0.15, 0.2) is 112 Å². The van der Waals surface area contributed by atoms with E-state index in [9.17, 15) is 18.3 Å². The Morgan fingerprint density at radius 3 is 1.35 bits per heavy atom. The third kappa shape index (κ3) is 18.5. The highest BCUT2D eigenvalue weighted by Gasteiger charge is 2.52. The van der Waals surface area contributed by atoms with Crippen molar-refractivity contribution in [2.75, 3.05) is 66.1 Å². The van der Waals surface area contributed by atoms with Gasteiger partial charge in [0.15, 0.2) is 23.3 Å². The summed E-state index contributed by atoms with van der Waals surface area (Å²) in [5, 5.41) is 24.6. The number of hydrogen-bond donors (Lipinski definition) is 1. The molecular formula is C62H83BBrN6O16P4S2. The van der Waals surface area contributed by atoms with E-state index in [-0.39, 0.29) is 78.2 Å². The standard InChI is InChI=1S/C31H41N3O7P2S.C27H38BrN3O7P2.C4H4BO2S/c1-5-38-42(35,39-6-2)30(43(36,40-7-3)41-8-4)19-25-18-26(20-32-31(25)24-14-16-44-22-24)23-12-13-28-27(17-23)21-33-34(28)29-11-9-10-15-37-29;1-5-35-39(32,36-6-2)26(40(33,37-7-3)38-8-4)17-21-16-22(18-29-27(21)28)20-12-13-24-23(15-20)19-30-31(24)25-11-9-10-14-34-25;6-5-7-4-1-2-8-3-4/h12-14,16-18,20-22,29-30H,5-11,15,19H2,1-4H3;12-13,15-16,18-19,25-26H,5-11,14,17H2,1-4H3;1-3,6H. The Kier molecular flexibility index (Phi) is 28.7. The Morgan fingerprint density at radius 1 is 0.533 bits per heavy atom. The fourth-order valence-corrected chi connectivity index (χ4v) is 23.1. The first-order valence-electron chi connectivity index (χ1n) is 31.1. The molecule has 8 aromatic rings. The molecule has 0 aliphatic carbocycles. The minimum Gasteiger partial charge on any atom is -0.537 e. The molecule has 6 aromatic heterocycles. The molecule has 499 valence electrons. The summed E-state index contributed by atoms with van der Waals surface area (Å²) in [7, 11) is -15.1. The van der Waals surface area contributed by atoms with Gasteiger partial charge in [-0.15, -0.1) is 11.3 Å². The van der Waals surface area contributed by atoms with E-state index < -0.39 is 41.2 Å². The molecule has 2 aromatic carbocycles. The Hall–Kier alpha value is -4.10. The highest BCUT2D eigenvalue weighted by molar-refractivity contribution is 9.10. The monoisotopic (exact) mass is 1450 g/mol. The van der Waals surface area contributed by atoms with Gasteiger partial charge in [0.05, 0.1) is 82.0 Å². The first-order chi connectivity index (χ1) is 44.6. The van der Waals surface area contributed by atoms with Gasteiger partial charge in [-0.1, -0.05) is 12.1 Å². The molecule has 22 nitrogen and oxygen atoms in total. The van der Waals surface area contributed by atoms with Crippen molar-refractivity contribution in [3.05, 3.63) is 123 Å². The van der Waals surface area contributed by atoms with Crippen LogP contribution in [-0.4, -0.2) is 119 Å². The van der Waals surface area contributed by atoms with Crippen molar-refractivity contribution in [1.82, 2.24) is 29.5 Å². The van der Waals surface area contributed by atoms with Crippen LogP contribution in [0.5, 0.6) is 5.75 Å². The lowest BCUT2D eigenvalue weighted by Gasteiger charge is -2.31. The molecule has 1 radical (unpaired) electrons. The van der Waals surface area contributed by atoms with E-state index in [0.29, 0.717) is 29.3 Å². The number of ether oxygens (including phenoxy) is 2. The molecule has 2 unspecified atom stereocenters. The largest absolute Gasteiger partial charge is 0.569 e. The van der Waals surface area contributed by atoms with Crippen LogP contribution >= 0.6 is 69.0 Å². The van der Waals surface area contributed by atoms with E-state index >= 15 is 0 Å². The number of thiophene rings is 2. The molecule has 0 amide bonds. The van der Waals surface area contributed by atoms with Gasteiger partial charge in [-0.25, -0.2) is 14.3 Å². The quantitative estimate of drug-likeness (QED) is 0.0241. The average Bonchev–Trinajstić information content (AvgIpc) is 1.12. The Labute approximate surface area is 556 Å². The molecule has 0 spiro atoms. The van der Waals surface area contributed by atoms with E-state index in [1.54, 1.807) is 84.4 Å². The van der Waals surface area contributed by atoms with Gasteiger partial charge < -0.3 is 55.3 Å². The highest BCUT2D eigenvalue weighted by Crippen LogP contribution is 2.72. The number of nitrogens with zero attached hydrogens (tertiary/aromatic N) is 6. The molecule has 92 heavy (non-hydrogen) atoms. The third-order valence-corrected chi connectivity index (χ3v) is 28.9.